The molecule has 0 aliphatic carbocycles. The predicted molar refractivity (Wildman–Crippen MR) is 179 cm³/mol. The molecule has 10 heteroatoms. The highest BCUT2D eigenvalue weighted by Gasteiger charge is 2.34. The van der Waals surface area contributed by atoms with Crippen LogP contribution in [0.3, 0.4) is 0 Å². The van der Waals surface area contributed by atoms with Crippen LogP contribution in [0.25, 0.3) is 33.4 Å². The van der Waals surface area contributed by atoms with Gasteiger partial charge in [-0.3, -0.25) is 19.3 Å². The van der Waals surface area contributed by atoms with Crippen molar-refractivity contribution in [1.82, 2.24) is 29.6 Å². The SMILES string of the molecule is CC(=O)N1CCC(C(=O)N2CCC(N3CCN(C(=O)c4cc(-c5cccc(F)c5)nc(-c5ccc6[nH]ccc6c5)c4)CC3)CC2)CC1. The van der Waals surface area contributed by atoms with Crippen LogP contribution < -0.4 is 0 Å². The average Bonchev–Trinajstić information content (AvgIpc) is 3.59. The van der Waals surface area contributed by atoms with Gasteiger partial charge in [0.05, 0.1) is 11.4 Å². The summed E-state index contributed by atoms with van der Waals surface area (Å²) in [5.74, 6) is -0.0568. The van der Waals surface area contributed by atoms with Crippen molar-refractivity contribution >= 4 is 28.6 Å². The Labute approximate surface area is 274 Å². The number of nitrogens with one attached hydrogen (secondary N) is 1. The number of rotatable bonds is 5. The first-order valence-electron chi connectivity index (χ1n) is 16.8. The number of piperazine rings is 1. The molecule has 3 aliphatic rings. The molecule has 3 fully saturated rings. The van der Waals surface area contributed by atoms with Gasteiger partial charge in [-0.15, -0.1) is 0 Å². The first kappa shape index (κ1) is 31.1. The number of halogens is 1. The molecule has 0 saturated carbocycles. The van der Waals surface area contributed by atoms with E-state index in [9.17, 15) is 18.8 Å². The number of carbonyl (C=O) groups is 3. The van der Waals surface area contributed by atoms with Crippen molar-refractivity contribution < 1.29 is 18.8 Å². The highest BCUT2D eigenvalue weighted by atomic mass is 19.1. The summed E-state index contributed by atoms with van der Waals surface area (Å²) in [6.07, 6.45) is 5.26. The number of carbonyl (C=O) groups excluding carboxylic acids is 3. The second-order valence-corrected chi connectivity index (χ2v) is 13.1. The van der Waals surface area contributed by atoms with E-state index in [1.165, 1.54) is 12.1 Å². The Hall–Kier alpha value is -4.57. The Morgan fingerprint density at radius 2 is 1.43 bits per heavy atom. The van der Waals surface area contributed by atoms with Crippen molar-refractivity contribution in [2.24, 2.45) is 5.92 Å². The number of hydrogen-bond donors (Lipinski definition) is 1. The van der Waals surface area contributed by atoms with Gasteiger partial charge in [0, 0.05) is 105 Å². The molecule has 1 N–H and O–H groups in total. The van der Waals surface area contributed by atoms with E-state index in [1.54, 1.807) is 19.1 Å². The lowest BCUT2D eigenvalue weighted by Crippen LogP contribution is -2.55. The van der Waals surface area contributed by atoms with Gasteiger partial charge in [0.25, 0.3) is 5.91 Å². The number of aromatic amines is 1. The molecular weight excluding hydrogens is 595 g/mol. The van der Waals surface area contributed by atoms with E-state index < -0.39 is 0 Å². The third kappa shape index (κ3) is 6.65. The van der Waals surface area contributed by atoms with Gasteiger partial charge in [0.1, 0.15) is 5.82 Å². The molecule has 0 unspecified atom stereocenters. The highest BCUT2D eigenvalue weighted by Crippen LogP contribution is 2.29. The van der Waals surface area contributed by atoms with Gasteiger partial charge in [-0.1, -0.05) is 18.2 Å². The van der Waals surface area contributed by atoms with E-state index in [4.69, 9.17) is 4.98 Å². The summed E-state index contributed by atoms with van der Waals surface area (Å²) in [6.45, 7) is 7.25. The van der Waals surface area contributed by atoms with Crippen LogP contribution in [0.4, 0.5) is 4.39 Å². The highest BCUT2D eigenvalue weighted by molar-refractivity contribution is 5.97. The number of amides is 3. The molecule has 0 atom stereocenters. The number of likely N-dealkylation sites (tertiary alicyclic amines) is 2. The maximum absolute atomic E-state index is 14.2. The number of piperidine rings is 2. The Morgan fingerprint density at radius 3 is 2.11 bits per heavy atom. The quantitative estimate of drug-likeness (QED) is 0.331. The van der Waals surface area contributed by atoms with Crippen LogP contribution in [0.15, 0.2) is 66.9 Å². The lowest BCUT2D eigenvalue weighted by molar-refractivity contribution is -0.141. The summed E-state index contributed by atoms with van der Waals surface area (Å²) in [5.41, 5.74) is 4.30. The average molecular weight is 637 g/mol. The topological polar surface area (TPSA) is 92.9 Å². The van der Waals surface area contributed by atoms with E-state index in [2.05, 4.69) is 9.88 Å². The molecule has 244 valence electrons. The lowest BCUT2D eigenvalue weighted by atomic mass is 9.93. The minimum Gasteiger partial charge on any atom is -0.361 e. The smallest absolute Gasteiger partial charge is 0.254 e. The van der Waals surface area contributed by atoms with Gasteiger partial charge in [-0.2, -0.15) is 0 Å². The van der Waals surface area contributed by atoms with E-state index in [1.807, 2.05) is 57.3 Å². The summed E-state index contributed by atoms with van der Waals surface area (Å²) in [5, 5.41) is 1.05. The van der Waals surface area contributed by atoms with Gasteiger partial charge >= 0.3 is 0 Å². The van der Waals surface area contributed by atoms with Crippen LogP contribution >= 0.6 is 0 Å². The summed E-state index contributed by atoms with van der Waals surface area (Å²) < 4.78 is 14.2. The number of H-pyrrole nitrogens is 1. The molecule has 2 aromatic carbocycles. The van der Waals surface area contributed by atoms with Gasteiger partial charge in [-0.25, -0.2) is 9.37 Å². The number of fused-ring (bicyclic) bond motifs is 1. The Bertz CT molecular complexity index is 1780. The van der Waals surface area contributed by atoms with Crippen LogP contribution in [0.5, 0.6) is 0 Å². The molecular formula is C37H41FN6O3. The van der Waals surface area contributed by atoms with Crippen molar-refractivity contribution in [3.63, 3.8) is 0 Å². The van der Waals surface area contributed by atoms with Crippen molar-refractivity contribution in [1.29, 1.82) is 0 Å². The minimum atomic E-state index is -0.349. The zero-order valence-electron chi connectivity index (χ0n) is 26.8. The molecule has 4 aromatic rings. The third-order valence-electron chi connectivity index (χ3n) is 10.2. The molecule has 3 amide bonds. The van der Waals surface area contributed by atoms with Crippen molar-refractivity contribution in [2.45, 2.75) is 38.6 Å². The zero-order chi connectivity index (χ0) is 32.5. The Kier molecular flexibility index (Phi) is 8.77. The van der Waals surface area contributed by atoms with Gasteiger partial charge in [0.15, 0.2) is 0 Å². The fourth-order valence-electron chi connectivity index (χ4n) is 7.43. The number of pyridine rings is 1. The first-order chi connectivity index (χ1) is 22.8. The van der Waals surface area contributed by atoms with Crippen molar-refractivity contribution in [3.05, 3.63) is 78.2 Å². The molecule has 5 heterocycles. The molecule has 7 rings (SSSR count). The molecule has 0 radical (unpaired) electrons. The summed E-state index contributed by atoms with van der Waals surface area (Å²) in [6, 6.07) is 18.4. The standard InChI is InChI=1S/C37H41FN6O3/c1-25(45)41-13-8-26(9-14-41)36(46)43-15-10-32(11-16-43)42-17-19-44(20-18-42)37(47)30-23-34(27-3-2-4-31(38)22-27)40-35(24-30)28-5-6-33-29(21-28)7-12-39-33/h2-7,12,21-24,26,32,39H,8-11,13-20H2,1H3. The number of aromatic nitrogens is 2. The molecule has 3 saturated heterocycles. The summed E-state index contributed by atoms with van der Waals surface area (Å²) in [4.78, 5) is 55.1. The third-order valence-corrected chi connectivity index (χ3v) is 10.2. The van der Waals surface area contributed by atoms with Crippen LogP contribution in [0.1, 0.15) is 43.0 Å². The molecule has 3 aliphatic heterocycles. The fourth-order valence-corrected chi connectivity index (χ4v) is 7.43. The predicted octanol–water partition coefficient (Wildman–Crippen LogP) is 5.04. The van der Waals surface area contributed by atoms with E-state index in [0.717, 1.165) is 68.3 Å². The van der Waals surface area contributed by atoms with Crippen LogP contribution in [-0.2, 0) is 9.59 Å². The molecule has 9 nitrogen and oxygen atoms in total. The maximum atomic E-state index is 14.2. The normalized spacial score (nSPS) is 18.6. The first-order valence-corrected chi connectivity index (χ1v) is 16.8. The van der Waals surface area contributed by atoms with Crippen LogP contribution in [0, 0.1) is 11.7 Å². The van der Waals surface area contributed by atoms with E-state index in [-0.39, 0.29) is 29.5 Å². The largest absolute Gasteiger partial charge is 0.361 e. The number of nitrogens with zero attached hydrogens (tertiary/aromatic N) is 5. The van der Waals surface area contributed by atoms with Gasteiger partial charge in [0.2, 0.25) is 11.8 Å². The Morgan fingerprint density at radius 1 is 0.745 bits per heavy atom. The summed E-state index contributed by atoms with van der Waals surface area (Å²) in [7, 11) is 0. The second-order valence-electron chi connectivity index (χ2n) is 13.1. The van der Waals surface area contributed by atoms with Crippen molar-refractivity contribution in [2.75, 3.05) is 52.4 Å². The fraction of sp³-hybridized carbons (Fsp3) is 0.405. The van der Waals surface area contributed by atoms with Gasteiger partial charge in [-0.05, 0) is 68.1 Å². The minimum absolute atomic E-state index is 0.0170. The zero-order valence-corrected chi connectivity index (χ0v) is 26.8. The monoisotopic (exact) mass is 636 g/mol. The van der Waals surface area contributed by atoms with E-state index >= 15 is 0 Å². The van der Waals surface area contributed by atoms with Crippen LogP contribution in [-0.4, -0.2) is 106 Å². The number of benzene rings is 2. The number of hydrogen-bond acceptors (Lipinski definition) is 5. The van der Waals surface area contributed by atoms with Crippen LogP contribution in [0.2, 0.25) is 0 Å². The molecule has 0 spiro atoms. The molecule has 2 aromatic heterocycles. The molecule has 47 heavy (non-hydrogen) atoms. The van der Waals surface area contributed by atoms with E-state index in [0.29, 0.717) is 54.7 Å². The second kappa shape index (κ2) is 13.3. The Balaban J connectivity index is 0.998. The summed E-state index contributed by atoms with van der Waals surface area (Å²) >= 11 is 0. The van der Waals surface area contributed by atoms with Crippen molar-refractivity contribution in [3.8, 4) is 22.5 Å². The maximum Gasteiger partial charge on any atom is 0.254 e. The van der Waals surface area contributed by atoms with Gasteiger partial charge < -0.3 is 19.7 Å². The molecule has 0 bridgehead atoms. The lowest BCUT2D eigenvalue weighted by Gasteiger charge is -2.43.